The van der Waals surface area contributed by atoms with Crippen LogP contribution in [0.15, 0.2) is 24.3 Å². The van der Waals surface area contributed by atoms with E-state index in [1.54, 1.807) is 24.3 Å². The molecule has 122 valence electrons. The van der Waals surface area contributed by atoms with Gasteiger partial charge < -0.3 is 20.8 Å². The molecule has 2 amide bonds. The third-order valence-corrected chi connectivity index (χ3v) is 3.13. The van der Waals surface area contributed by atoms with E-state index in [2.05, 4.69) is 10.6 Å². The summed E-state index contributed by atoms with van der Waals surface area (Å²) in [5.74, 6) is -0.458. The molecule has 4 N–H and O–H groups in total. The Morgan fingerprint density at radius 3 is 1.68 bits per heavy atom. The molecule has 0 aliphatic heterocycles. The van der Waals surface area contributed by atoms with Crippen LogP contribution in [0, 0.1) is 0 Å². The molecule has 0 aliphatic rings. The number of amides is 2. The van der Waals surface area contributed by atoms with Gasteiger partial charge in [-0.05, 0) is 43.9 Å². The molecule has 0 aromatic heterocycles. The molecule has 1 aromatic carbocycles. The van der Waals surface area contributed by atoms with E-state index in [0.717, 1.165) is 0 Å². The van der Waals surface area contributed by atoms with Crippen molar-refractivity contribution in [1.82, 2.24) is 10.6 Å². The molecule has 1 aromatic rings. The van der Waals surface area contributed by atoms with Crippen LogP contribution in [0.5, 0.6) is 0 Å². The van der Waals surface area contributed by atoms with Crippen LogP contribution in [0.2, 0.25) is 0 Å². The molecule has 0 atom stereocenters. The molecule has 0 bridgehead atoms. The molecule has 6 nitrogen and oxygen atoms in total. The molecule has 0 radical (unpaired) electrons. The van der Waals surface area contributed by atoms with Crippen molar-refractivity contribution < 1.29 is 19.8 Å². The van der Waals surface area contributed by atoms with Crippen molar-refractivity contribution in [1.29, 1.82) is 0 Å². The summed E-state index contributed by atoms with van der Waals surface area (Å²) in [5, 5.41) is 22.9. The molecular weight excluding hydrogens is 284 g/mol. The first-order valence-corrected chi connectivity index (χ1v) is 7.57. The number of benzene rings is 1. The SMILES string of the molecule is O=C(NCCCCO)c1cccc(C(=O)NCCCCO)c1. The molecule has 1 rings (SSSR count). The number of nitrogens with one attached hydrogen (secondary N) is 2. The van der Waals surface area contributed by atoms with Gasteiger partial charge in [0.1, 0.15) is 0 Å². The minimum absolute atomic E-state index is 0.113. The molecule has 22 heavy (non-hydrogen) atoms. The highest BCUT2D eigenvalue weighted by molar-refractivity contribution is 5.99. The van der Waals surface area contributed by atoms with E-state index in [0.29, 0.717) is 49.9 Å². The first kappa shape index (κ1) is 18.1. The van der Waals surface area contributed by atoms with Crippen molar-refractivity contribution in [3.63, 3.8) is 0 Å². The van der Waals surface area contributed by atoms with Crippen molar-refractivity contribution >= 4 is 11.8 Å². The van der Waals surface area contributed by atoms with Gasteiger partial charge in [0.15, 0.2) is 0 Å². The molecule has 0 heterocycles. The quantitative estimate of drug-likeness (QED) is 0.478. The van der Waals surface area contributed by atoms with Gasteiger partial charge in [-0.3, -0.25) is 9.59 Å². The summed E-state index contributed by atoms with van der Waals surface area (Å²) in [6.07, 6.45) is 2.73. The Morgan fingerprint density at radius 1 is 0.818 bits per heavy atom. The van der Waals surface area contributed by atoms with Crippen LogP contribution in [-0.4, -0.2) is 48.3 Å². The summed E-state index contributed by atoms with van der Waals surface area (Å²) in [4.78, 5) is 23.9. The Hall–Kier alpha value is -1.92. The van der Waals surface area contributed by atoms with Gasteiger partial charge >= 0.3 is 0 Å². The Balaban J connectivity index is 2.50. The van der Waals surface area contributed by atoms with Gasteiger partial charge in [-0.25, -0.2) is 0 Å². The van der Waals surface area contributed by atoms with Crippen LogP contribution >= 0.6 is 0 Å². The molecular formula is C16H24N2O4. The first-order chi connectivity index (χ1) is 10.7. The topological polar surface area (TPSA) is 98.7 Å². The van der Waals surface area contributed by atoms with Gasteiger partial charge in [0.2, 0.25) is 0 Å². The number of unbranched alkanes of at least 4 members (excludes halogenated alkanes) is 2. The third-order valence-electron chi connectivity index (χ3n) is 3.13. The average molecular weight is 308 g/mol. The second-order valence-corrected chi connectivity index (χ2v) is 4.95. The fraction of sp³-hybridized carbons (Fsp3) is 0.500. The van der Waals surface area contributed by atoms with Crippen molar-refractivity contribution in [3.8, 4) is 0 Å². The summed E-state index contributed by atoms with van der Waals surface area (Å²) < 4.78 is 0. The summed E-state index contributed by atoms with van der Waals surface area (Å²) >= 11 is 0. The van der Waals surface area contributed by atoms with Gasteiger partial charge in [-0.2, -0.15) is 0 Å². The maximum atomic E-state index is 11.9. The van der Waals surface area contributed by atoms with E-state index in [-0.39, 0.29) is 25.0 Å². The van der Waals surface area contributed by atoms with Crippen LogP contribution < -0.4 is 10.6 Å². The van der Waals surface area contributed by atoms with Crippen molar-refractivity contribution in [3.05, 3.63) is 35.4 Å². The van der Waals surface area contributed by atoms with Gasteiger partial charge in [0, 0.05) is 37.4 Å². The second kappa shape index (κ2) is 10.8. The number of hydrogen-bond donors (Lipinski definition) is 4. The van der Waals surface area contributed by atoms with Crippen molar-refractivity contribution in [2.75, 3.05) is 26.3 Å². The minimum Gasteiger partial charge on any atom is -0.396 e. The zero-order valence-corrected chi connectivity index (χ0v) is 12.7. The smallest absolute Gasteiger partial charge is 0.251 e. The van der Waals surface area contributed by atoms with Crippen LogP contribution in [0.3, 0.4) is 0 Å². The number of carbonyl (C=O) groups excluding carboxylic acids is 2. The lowest BCUT2D eigenvalue weighted by molar-refractivity contribution is 0.0951. The van der Waals surface area contributed by atoms with Crippen molar-refractivity contribution in [2.45, 2.75) is 25.7 Å². The van der Waals surface area contributed by atoms with Gasteiger partial charge in [0.05, 0.1) is 0 Å². The number of carbonyl (C=O) groups is 2. The number of aliphatic hydroxyl groups excluding tert-OH is 2. The summed E-state index contributed by atoms with van der Waals surface area (Å²) in [5.41, 5.74) is 0.874. The zero-order valence-electron chi connectivity index (χ0n) is 12.7. The highest BCUT2D eigenvalue weighted by atomic mass is 16.3. The Kier molecular flexibility index (Phi) is 8.86. The number of rotatable bonds is 10. The van der Waals surface area contributed by atoms with Crippen LogP contribution in [0.1, 0.15) is 46.4 Å². The second-order valence-electron chi connectivity index (χ2n) is 4.95. The molecule has 0 saturated carbocycles. The first-order valence-electron chi connectivity index (χ1n) is 7.57. The third kappa shape index (κ3) is 6.69. The largest absolute Gasteiger partial charge is 0.396 e. The monoisotopic (exact) mass is 308 g/mol. The zero-order chi connectivity index (χ0) is 16.2. The van der Waals surface area contributed by atoms with E-state index < -0.39 is 0 Å². The summed E-state index contributed by atoms with van der Waals surface area (Å²) in [6.45, 7) is 1.22. The lowest BCUT2D eigenvalue weighted by atomic mass is 10.1. The molecule has 0 saturated heterocycles. The Labute approximate surface area is 130 Å². The highest BCUT2D eigenvalue weighted by Gasteiger charge is 2.09. The lowest BCUT2D eigenvalue weighted by Gasteiger charge is -2.07. The normalized spacial score (nSPS) is 10.3. The molecule has 0 aliphatic carbocycles. The fourth-order valence-corrected chi connectivity index (χ4v) is 1.88. The van der Waals surface area contributed by atoms with E-state index in [1.807, 2.05) is 0 Å². The fourth-order valence-electron chi connectivity index (χ4n) is 1.88. The Bertz CT molecular complexity index is 438. The predicted molar refractivity (Wildman–Crippen MR) is 83.7 cm³/mol. The summed E-state index contributed by atoms with van der Waals surface area (Å²) in [7, 11) is 0. The van der Waals surface area contributed by atoms with Crippen molar-refractivity contribution in [2.24, 2.45) is 0 Å². The van der Waals surface area contributed by atoms with E-state index in [1.165, 1.54) is 0 Å². The van der Waals surface area contributed by atoms with Crippen LogP contribution in [-0.2, 0) is 0 Å². The van der Waals surface area contributed by atoms with Crippen LogP contribution in [0.25, 0.3) is 0 Å². The summed E-state index contributed by atoms with van der Waals surface area (Å²) in [6, 6.07) is 6.54. The standard InChI is InChI=1S/C16H24N2O4/c19-10-3-1-8-17-15(21)13-6-5-7-14(12-13)16(22)18-9-2-4-11-20/h5-7,12,19-20H,1-4,8-11H2,(H,17,21)(H,18,22). The molecule has 0 spiro atoms. The number of hydrogen-bond acceptors (Lipinski definition) is 4. The van der Waals surface area contributed by atoms with Gasteiger partial charge in [-0.15, -0.1) is 0 Å². The number of aliphatic hydroxyl groups is 2. The average Bonchev–Trinajstić information content (AvgIpc) is 2.55. The lowest BCUT2D eigenvalue weighted by Crippen LogP contribution is -2.27. The molecule has 0 unspecified atom stereocenters. The minimum atomic E-state index is -0.229. The highest BCUT2D eigenvalue weighted by Crippen LogP contribution is 2.05. The van der Waals surface area contributed by atoms with E-state index in [9.17, 15) is 9.59 Å². The predicted octanol–water partition coefficient (Wildman–Crippen LogP) is 0.691. The van der Waals surface area contributed by atoms with Crippen LogP contribution in [0.4, 0.5) is 0 Å². The van der Waals surface area contributed by atoms with E-state index in [4.69, 9.17) is 10.2 Å². The van der Waals surface area contributed by atoms with Gasteiger partial charge in [0.25, 0.3) is 11.8 Å². The molecule has 0 fully saturated rings. The van der Waals surface area contributed by atoms with E-state index >= 15 is 0 Å². The molecule has 6 heteroatoms. The van der Waals surface area contributed by atoms with Gasteiger partial charge in [-0.1, -0.05) is 6.07 Å². The maximum absolute atomic E-state index is 11.9. The Morgan fingerprint density at radius 2 is 1.27 bits per heavy atom. The maximum Gasteiger partial charge on any atom is 0.251 e.